The van der Waals surface area contributed by atoms with Crippen LogP contribution in [-0.4, -0.2) is 12.6 Å². The van der Waals surface area contributed by atoms with Gasteiger partial charge in [-0.05, 0) is 36.6 Å². The van der Waals surface area contributed by atoms with Crippen molar-refractivity contribution in [1.29, 1.82) is 0 Å². The molecule has 0 aromatic heterocycles. The smallest absolute Gasteiger partial charge is 0.0705 e. The molecule has 2 aromatic rings. The van der Waals surface area contributed by atoms with Crippen molar-refractivity contribution in [2.24, 2.45) is 5.73 Å². The van der Waals surface area contributed by atoms with Crippen LogP contribution in [0.25, 0.3) is 0 Å². The highest BCUT2D eigenvalue weighted by molar-refractivity contribution is 6.31. The van der Waals surface area contributed by atoms with Crippen LogP contribution in [0.2, 0.25) is 5.02 Å². The van der Waals surface area contributed by atoms with Crippen molar-refractivity contribution >= 4 is 17.3 Å². The molecule has 1 aliphatic heterocycles. The van der Waals surface area contributed by atoms with Crippen LogP contribution in [0.1, 0.15) is 24.1 Å². The summed E-state index contributed by atoms with van der Waals surface area (Å²) in [4.78, 5) is 2.39. The number of fused-ring (bicyclic) bond motifs is 1. The van der Waals surface area contributed by atoms with Crippen molar-refractivity contribution in [3.05, 3.63) is 64.7 Å². The third kappa shape index (κ3) is 2.30. The standard InChI is InChI=1S/C17H19ClN2/c1-12(19)17(14-7-3-4-8-15(14)18)20-11-10-13-6-2-5-9-16(13)20/h2-9,12,17H,10-11,19H2,1H3. The maximum Gasteiger partial charge on any atom is 0.0705 e. The molecular weight excluding hydrogens is 268 g/mol. The zero-order valence-electron chi connectivity index (χ0n) is 11.6. The summed E-state index contributed by atoms with van der Waals surface area (Å²) in [5, 5.41) is 0.791. The molecule has 0 amide bonds. The molecule has 0 saturated heterocycles. The third-order valence-corrected chi connectivity index (χ3v) is 4.32. The largest absolute Gasteiger partial charge is 0.362 e. The van der Waals surface area contributed by atoms with Crippen LogP contribution in [-0.2, 0) is 6.42 Å². The predicted molar refractivity (Wildman–Crippen MR) is 85.3 cm³/mol. The number of halogens is 1. The van der Waals surface area contributed by atoms with Crippen LogP contribution in [0.3, 0.4) is 0 Å². The van der Waals surface area contributed by atoms with E-state index in [2.05, 4.69) is 42.2 Å². The zero-order valence-corrected chi connectivity index (χ0v) is 12.3. The fraction of sp³-hybridized carbons (Fsp3) is 0.294. The van der Waals surface area contributed by atoms with Gasteiger partial charge < -0.3 is 10.6 Å². The number of hydrogen-bond acceptors (Lipinski definition) is 2. The summed E-state index contributed by atoms with van der Waals surface area (Å²) in [7, 11) is 0. The normalized spacial score (nSPS) is 16.9. The van der Waals surface area contributed by atoms with Gasteiger partial charge in [0.15, 0.2) is 0 Å². The Morgan fingerprint density at radius 2 is 1.80 bits per heavy atom. The van der Waals surface area contributed by atoms with Crippen molar-refractivity contribution < 1.29 is 0 Å². The van der Waals surface area contributed by atoms with Gasteiger partial charge in [0.1, 0.15) is 0 Å². The molecule has 104 valence electrons. The predicted octanol–water partition coefficient (Wildman–Crippen LogP) is 3.79. The number of anilines is 1. The van der Waals surface area contributed by atoms with Crippen molar-refractivity contribution in [2.45, 2.75) is 25.4 Å². The molecule has 0 bridgehead atoms. The molecule has 0 radical (unpaired) electrons. The summed E-state index contributed by atoms with van der Waals surface area (Å²) in [6, 6.07) is 16.7. The molecule has 0 saturated carbocycles. The lowest BCUT2D eigenvalue weighted by molar-refractivity contribution is 0.542. The van der Waals surface area contributed by atoms with Crippen LogP contribution in [0, 0.1) is 0 Å². The molecule has 0 fully saturated rings. The Hall–Kier alpha value is -1.51. The molecule has 1 heterocycles. The number of benzene rings is 2. The Bertz CT molecular complexity index is 609. The topological polar surface area (TPSA) is 29.3 Å². The highest BCUT2D eigenvalue weighted by Crippen LogP contribution is 2.38. The lowest BCUT2D eigenvalue weighted by Crippen LogP contribution is -2.39. The lowest BCUT2D eigenvalue weighted by Gasteiger charge is -2.34. The molecular formula is C17H19ClN2. The van der Waals surface area contributed by atoms with E-state index >= 15 is 0 Å². The number of nitrogens with two attached hydrogens (primary N) is 1. The highest BCUT2D eigenvalue weighted by atomic mass is 35.5. The van der Waals surface area contributed by atoms with Gasteiger partial charge >= 0.3 is 0 Å². The average molecular weight is 287 g/mol. The molecule has 1 aliphatic rings. The van der Waals surface area contributed by atoms with Gasteiger partial charge in [-0.15, -0.1) is 0 Å². The van der Waals surface area contributed by atoms with Gasteiger partial charge in [0.25, 0.3) is 0 Å². The number of nitrogens with zero attached hydrogens (tertiary/aromatic N) is 1. The summed E-state index contributed by atoms with van der Waals surface area (Å²) < 4.78 is 0. The molecule has 2 unspecified atom stereocenters. The molecule has 2 N–H and O–H groups in total. The van der Waals surface area contributed by atoms with Crippen molar-refractivity contribution in [2.75, 3.05) is 11.4 Å². The molecule has 2 nitrogen and oxygen atoms in total. The highest BCUT2D eigenvalue weighted by Gasteiger charge is 2.30. The summed E-state index contributed by atoms with van der Waals surface area (Å²) in [5.74, 6) is 0. The maximum atomic E-state index is 6.39. The maximum absolute atomic E-state index is 6.39. The Morgan fingerprint density at radius 1 is 1.10 bits per heavy atom. The summed E-state index contributed by atoms with van der Waals surface area (Å²) in [6.45, 7) is 3.05. The SMILES string of the molecule is CC(N)C(c1ccccc1Cl)N1CCc2ccccc21. The first kappa shape index (κ1) is 13.5. The Balaban J connectivity index is 2.04. The first-order chi connectivity index (χ1) is 9.68. The Morgan fingerprint density at radius 3 is 2.55 bits per heavy atom. The molecule has 0 aliphatic carbocycles. The lowest BCUT2D eigenvalue weighted by atomic mass is 9.99. The van der Waals surface area contributed by atoms with E-state index in [4.69, 9.17) is 17.3 Å². The van der Waals surface area contributed by atoms with Crippen molar-refractivity contribution in [3.63, 3.8) is 0 Å². The summed E-state index contributed by atoms with van der Waals surface area (Å²) in [5.41, 5.74) is 10.1. The van der Waals surface area contributed by atoms with Gasteiger partial charge in [-0.2, -0.15) is 0 Å². The van der Waals surface area contributed by atoms with Gasteiger partial charge in [-0.1, -0.05) is 48.0 Å². The molecule has 20 heavy (non-hydrogen) atoms. The number of rotatable bonds is 3. The van der Waals surface area contributed by atoms with E-state index in [-0.39, 0.29) is 12.1 Å². The van der Waals surface area contributed by atoms with Gasteiger partial charge in [0.05, 0.1) is 6.04 Å². The quantitative estimate of drug-likeness (QED) is 0.930. The monoisotopic (exact) mass is 286 g/mol. The van der Waals surface area contributed by atoms with E-state index in [9.17, 15) is 0 Å². The van der Waals surface area contributed by atoms with E-state index < -0.39 is 0 Å². The minimum atomic E-state index is 0.0149. The van der Waals surface area contributed by atoms with Crippen molar-refractivity contribution in [3.8, 4) is 0 Å². The molecule has 0 spiro atoms. The van der Waals surface area contributed by atoms with Crippen LogP contribution >= 0.6 is 11.6 Å². The summed E-state index contributed by atoms with van der Waals surface area (Å²) in [6.07, 6.45) is 1.07. The number of hydrogen-bond donors (Lipinski definition) is 1. The minimum absolute atomic E-state index is 0.0149. The van der Waals surface area contributed by atoms with E-state index in [1.807, 2.05) is 18.2 Å². The fourth-order valence-corrected chi connectivity index (χ4v) is 3.35. The van der Waals surface area contributed by atoms with E-state index in [0.717, 1.165) is 23.6 Å². The second-order valence-electron chi connectivity index (χ2n) is 5.40. The second-order valence-corrected chi connectivity index (χ2v) is 5.80. The van der Waals surface area contributed by atoms with E-state index in [1.165, 1.54) is 11.3 Å². The Kier molecular flexibility index (Phi) is 3.68. The van der Waals surface area contributed by atoms with Crippen LogP contribution in [0.4, 0.5) is 5.69 Å². The molecule has 2 atom stereocenters. The van der Waals surface area contributed by atoms with E-state index in [1.54, 1.807) is 0 Å². The van der Waals surface area contributed by atoms with Crippen LogP contribution < -0.4 is 10.6 Å². The van der Waals surface area contributed by atoms with Crippen LogP contribution in [0.5, 0.6) is 0 Å². The number of para-hydroxylation sites is 1. The fourth-order valence-electron chi connectivity index (χ4n) is 3.10. The molecule has 3 heteroatoms. The molecule has 2 aromatic carbocycles. The average Bonchev–Trinajstić information content (AvgIpc) is 2.85. The van der Waals surface area contributed by atoms with Crippen molar-refractivity contribution in [1.82, 2.24) is 0 Å². The summed E-state index contributed by atoms with van der Waals surface area (Å²) >= 11 is 6.39. The first-order valence-corrected chi connectivity index (χ1v) is 7.41. The van der Waals surface area contributed by atoms with Crippen LogP contribution in [0.15, 0.2) is 48.5 Å². The van der Waals surface area contributed by atoms with Gasteiger partial charge in [-0.25, -0.2) is 0 Å². The van der Waals surface area contributed by atoms with Gasteiger partial charge in [-0.3, -0.25) is 0 Å². The minimum Gasteiger partial charge on any atom is -0.362 e. The molecule has 3 rings (SSSR count). The second kappa shape index (κ2) is 5.47. The van der Waals surface area contributed by atoms with Gasteiger partial charge in [0.2, 0.25) is 0 Å². The third-order valence-electron chi connectivity index (χ3n) is 3.98. The van der Waals surface area contributed by atoms with Gasteiger partial charge in [0, 0.05) is 23.3 Å². The first-order valence-electron chi connectivity index (χ1n) is 7.03. The zero-order chi connectivity index (χ0) is 14.1. The Labute approximate surface area is 125 Å². The van der Waals surface area contributed by atoms with E-state index in [0.29, 0.717) is 0 Å².